The van der Waals surface area contributed by atoms with Crippen molar-refractivity contribution in [3.8, 4) is 5.75 Å². The Labute approximate surface area is 198 Å². The summed E-state index contributed by atoms with van der Waals surface area (Å²) in [6.07, 6.45) is 5.36. The van der Waals surface area contributed by atoms with Crippen molar-refractivity contribution in [3.63, 3.8) is 0 Å². The maximum absolute atomic E-state index is 13.0. The largest absolute Gasteiger partial charge is 0.494 e. The lowest BCUT2D eigenvalue weighted by Crippen LogP contribution is -2.31. The molecular weight excluding hydrogens is 408 g/mol. The fraction of sp³-hybridized carbons (Fsp3) is 0.276. The van der Waals surface area contributed by atoms with Crippen molar-refractivity contribution in [1.29, 1.82) is 0 Å². The Balaban J connectivity index is 1.62. The molecule has 0 fully saturated rings. The number of amides is 1. The number of rotatable bonds is 12. The van der Waals surface area contributed by atoms with Crippen LogP contribution < -0.4 is 4.74 Å². The molecule has 0 atom stereocenters. The van der Waals surface area contributed by atoms with E-state index in [0.717, 1.165) is 36.3 Å². The van der Waals surface area contributed by atoms with Crippen LogP contribution in [0.5, 0.6) is 5.75 Å². The van der Waals surface area contributed by atoms with Gasteiger partial charge in [-0.3, -0.25) is 4.79 Å². The second kappa shape index (κ2) is 13.2. The van der Waals surface area contributed by atoms with Gasteiger partial charge in [0.1, 0.15) is 5.75 Å². The van der Waals surface area contributed by atoms with E-state index in [-0.39, 0.29) is 5.91 Å². The van der Waals surface area contributed by atoms with Crippen molar-refractivity contribution in [2.45, 2.75) is 19.4 Å². The van der Waals surface area contributed by atoms with E-state index < -0.39 is 0 Å². The number of carbonyl (C=O) groups excluding carboxylic acids is 1. The summed E-state index contributed by atoms with van der Waals surface area (Å²) in [5.41, 5.74) is 3.33. The zero-order valence-electron chi connectivity index (χ0n) is 19.7. The fourth-order valence-corrected chi connectivity index (χ4v) is 3.50. The molecule has 0 aliphatic rings. The molecule has 33 heavy (non-hydrogen) atoms. The Kier molecular flexibility index (Phi) is 9.74. The van der Waals surface area contributed by atoms with Gasteiger partial charge in [0, 0.05) is 25.7 Å². The van der Waals surface area contributed by atoms with E-state index in [0.29, 0.717) is 19.7 Å². The highest BCUT2D eigenvalue weighted by Gasteiger charge is 2.12. The number of nitrogens with zero attached hydrogens (tertiary/aromatic N) is 2. The van der Waals surface area contributed by atoms with Gasteiger partial charge >= 0.3 is 0 Å². The van der Waals surface area contributed by atoms with Gasteiger partial charge in [-0.1, -0.05) is 72.8 Å². The second-order valence-corrected chi connectivity index (χ2v) is 8.39. The Morgan fingerprint density at radius 1 is 0.818 bits per heavy atom. The fourth-order valence-electron chi connectivity index (χ4n) is 3.50. The number of ether oxygens (including phenoxy) is 1. The van der Waals surface area contributed by atoms with Crippen LogP contribution in [0.1, 0.15) is 23.1 Å². The summed E-state index contributed by atoms with van der Waals surface area (Å²) >= 11 is 0. The van der Waals surface area contributed by atoms with Gasteiger partial charge in [0.05, 0.1) is 6.61 Å². The van der Waals surface area contributed by atoms with Crippen molar-refractivity contribution in [2.24, 2.45) is 0 Å². The monoisotopic (exact) mass is 442 g/mol. The zero-order chi connectivity index (χ0) is 23.3. The summed E-state index contributed by atoms with van der Waals surface area (Å²) in [4.78, 5) is 17.1. The van der Waals surface area contributed by atoms with E-state index in [1.165, 1.54) is 5.56 Å². The lowest BCUT2D eigenvalue weighted by molar-refractivity contribution is -0.126. The highest BCUT2D eigenvalue weighted by Crippen LogP contribution is 2.15. The molecule has 0 aliphatic heterocycles. The predicted octanol–water partition coefficient (Wildman–Crippen LogP) is 5.30. The van der Waals surface area contributed by atoms with Crippen molar-refractivity contribution in [2.75, 3.05) is 33.8 Å². The van der Waals surface area contributed by atoms with E-state index in [1.807, 2.05) is 83.8 Å². The van der Waals surface area contributed by atoms with Crippen molar-refractivity contribution >= 4 is 12.0 Å². The minimum absolute atomic E-state index is 0.0128. The summed E-state index contributed by atoms with van der Waals surface area (Å²) in [5.74, 6) is 0.877. The number of carbonyl (C=O) groups is 1. The van der Waals surface area contributed by atoms with Gasteiger partial charge in [0.25, 0.3) is 0 Å². The third kappa shape index (κ3) is 8.95. The van der Waals surface area contributed by atoms with E-state index >= 15 is 0 Å². The Bertz CT molecular complexity index is 983. The summed E-state index contributed by atoms with van der Waals surface area (Å²) in [5, 5.41) is 0. The van der Waals surface area contributed by atoms with E-state index in [4.69, 9.17) is 4.74 Å². The quantitative estimate of drug-likeness (QED) is 0.282. The highest BCUT2D eigenvalue weighted by atomic mass is 16.5. The summed E-state index contributed by atoms with van der Waals surface area (Å²) in [6, 6.07) is 28.3. The average molecular weight is 443 g/mol. The molecule has 1 amide bonds. The number of benzene rings is 3. The van der Waals surface area contributed by atoms with Crippen LogP contribution >= 0.6 is 0 Å². The van der Waals surface area contributed by atoms with Crippen LogP contribution in [0.4, 0.5) is 0 Å². The van der Waals surface area contributed by atoms with Crippen LogP contribution in [0.15, 0.2) is 91.0 Å². The van der Waals surface area contributed by atoms with Gasteiger partial charge in [-0.25, -0.2) is 0 Å². The van der Waals surface area contributed by atoms with E-state index in [9.17, 15) is 4.79 Å². The molecule has 0 unspecified atom stereocenters. The molecule has 3 aromatic carbocycles. The van der Waals surface area contributed by atoms with Crippen LogP contribution in [0, 0.1) is 0 Å². The molecule has 172 valence electrons. The topological polar surface area (TPSA) is 32.8 Å². The Morgan fingerprint density at radius 3 is 2.15 bits per heavy atom. The molecule has 0 radical (unpaired) electrons. The van der Waals surface area contributed by atoms with Crippen LogP contribution in [-0.2, 0) is 17.8 Å². The van der Waals surface area contributed by atoms with Gasteiger partial charge in [0.2, 0.25) is 5.91 Å². The number of hydrogen-bond acceptors (Lipinski definition) is 3. The van der Waals surface area contributed by atoms with Crippen LogP contribution in [-0.4, -0.2) is 49.5 Å². The maximum Gasteiger partial charge on any atom is 0.246 e. The first kappa shape index (κ1) is 24.3. The predicted molar refractivity (Wildman–Crippen MR) is 136 cm³/mol. The molecule has 0 bridgehead atoms. The number of hydrogen-bond donors (Lipinski definition) is 0. The van der Waals surface area contributed by atoms with Crippen molar-refractivity contribution in [3.05, 3.63) is 108 Å². The molecule has 4 heteroatoms. The van der Waals surface area contributed by atoms with E-state index in [2.05, 4.69) is 31.1 Å². The Hall–Kier alpha value is -3.37. The maximum atomic E-state index is 13.0. The lowest BCUT2D eigenvalue weighted by Gasteiger charge is -2.22. The highest BCUT2D eigenvalue weighted by molar-refractivity contribution is 5.91. The molecule has 0 saturated carbocycles. The molecule has 0 spiro atoms. The smallest absolute Gasteiger partial charge is 0.246 e. The van der Waals surface area contributed by atoms with Gasteiger partial charge in [-0.05, 0) is 61.8 Å². The molecule has 4 nitrogen and oxygen atoms in total. The first-order chi connectivity index (χ1) is 16.1. The first-order valence-corrected chi connectivity index (χ1v) is 11.5. The molecule has 0 saturated heterocycles. The molecule has 0 aliphatic carbocycles. The minimum Gasteiger partial charge on any atom is -0.494 e. The van der Waals surface area contributed by atoms with Crippen molar-refractivity contribution < 1.29 is 9.53 Å². The summed E-state index contributed by atoms with van der Waals surface area (Å²) < 4.78 is 5.84. The SMILES string of the molecule is CN(C)CCCOc1ccc(CN(CCc2ccccc2)C(=O)/C=C/c2ccccc2)cc1. The molecule has 3 aromatic rings. The second-order valence-electron chi connectivity index (χ2n) is 8.39. The molecule has 0 N–H and O–H groups in total. The van der Waals surface area contributed by atoms with Crippen molar-refractivity contribution in [1.82, 2.24) is 9.80 Å². The van der Waals surface area contributed by atoms with E-state index in [1.54, 1.807) is 6.08 Å². The molecule has 0 heterocycles. The van der Waals surface area contributed by atoms with Gasteiger partial charge < -0.3 is 14.5 Å². The molecule has 3 rings (SSSR count). The van der Waals surface area contributed by atoms with Crippen LogP contribution in [0.3, 0.4) is 0 Å². The van der Waals surface area contributed by atoms with Gasteiger partial charge in [0.15, 0.2) is 0 Å². The molecule has 0 aromatic heterocycles. The normalized spacial score (nSPS) is 11.1. The lowest BCUT2D eigenvalue weighted by atomic mass is 10.1. The van der Waals surface area contributed by atoms with Crippen LogP contribution in [0.2, 0.25) is 0 Å². The van der Waals surface area contributed by atoms with Crippen LogP contribution in [0.25, 0.3) is 6.08 Å². The first-order valence-electron chi connectivity index (χ1n) is 11.5. The summed E-state index contributed by atoms with van der Waals surface area (Å²) in [7, 11) is 4.13. The standard InChI is InChI=1S/C29H34N2O2/c1-30(2)21-9-23-33-28-17-14-27(15-18-28)24-31(22-20-26-12-7-4-8-13-26)29(32)19-16-25-10-5-3-6-11-25/h3-8,10-19H,9,20-24H2,1-2H3/b19-16+. The van der Waals surface area contributed by atoms with Gasteiger partial charge in [-0.2, -0.15) is 0 Å². The zero-order valence-corrected chi connectivity index (χ0v) is 19.7. The summed E-state index contributed by atoms with van der Waals surface area (Å²) in [6.45, 7) is 2.92. The molecular formula is C29H34N2O2. The third-order valence-electron chi connectivity index (χ3n) is 5.36. The van der Waals surface area contributed by atoms with Gasteiger partial charge in [-0.15, -0.1) is 0 Å². The Morgan fingerprint density at radius 2 is 1.48 bits per heavy atom. The average Bonchev–Trinajstić information content (AvgIpc) is 2.85. The third-order valence-corrected chi connectivity index (χ3v) is 5.36. The minimum atomic E-state index is 0.0128.